The average Bonchev–Trinajstić information content (AvgIpc) is 2.66. The summed E-state index contributed by atoms with van der Waals surface area (Å²) in [6.07, 6.45) is 2.58. The third-order valence-corrected chi connectivity index (χ3v) is 4.48. The first kappa shape index (κ1) is 23.8. The van der Waals surface area contributed by atoms with Gasteiger partial charge in [0.2, 0.25) is 0 Å². The molecule has 0 atom stereocenters. The largest absolute Gasteiger partial charge is 0.419 e. The molecule has 0 bridgehead atoms. The van der Waals surface area contributed by atoms with Crippen LogP contribution in [0, 0.1) is 0 Å². The number of cyclic esters (lactones) is 4. The minimum Gasteiger partial charge on any atom is -0.419 e. The standard InChI is InChI=1S/C22H24N2O9/c1-21(2)30-17(26)14(18(27)31-21)10-23-13-6-5-12(7-8-25)16(9-13)24-11-15-19(28)32-22(3,4)33-20(15)29/h5-6,9-11,23-25H,7-8H2,1-4H3. The monoisotopic (exact) mass is 460 g/mol. The molecule has 11 nitrogen and oxygen atoms in total. The summed E-state index contributed by atoms with van der Waals surface area (Å²) >= 11 is 0. The molecule has 3 rings (SSSR count). The first-order valence-electron chi connectivity index (χ1n) is 10.0. The lowest BCUT2D eigenvalue weighted by atomic mass is 10.1. The number of anilines is 2. The number of hydrogen-bond acceptors (Lipinski definition) is 11. The van der Waals surface area contributed by atoms with Crippen molar-refractivity contribution in [3.63, 3.8) is 0 Å². The second kappa shape index (κ2) is 8.94. The predicted octanol–water partition coefficient (Wildman–Crippen LogP) is 1.49. The van der Waals surface area contributed by atoms with Gasteiger partial charge in [-0.25, -0.2) is 19.2 Å². The second-order valence-electron chi connectivity index (χ2n) is 8.11. The number of hydrogen-bond donors (Lipinski definition) is 3. The molecule has 0 amide bonds. The van der Waals surface area contributed by atoms with Gasteiger partial charge in [0.25, 0.3) is 11.6 Å². The molecule has 0 radical (unpaired) electrons. The van der Waals surface area contributed by atoms with Crippen molar-refractivity contribution in [1.29, 1.82) is 0 Å². The molecule has 2 aliphatic heterocycles. The van der Waals surface area contributed by atoms with Crippen LogP contribution >= 0.6 is 0 Å². The second-order valence-corrected chi connectivity index (χ2v) is 8.11. The van der Waals surface area contributed by atoms with Gasteiger partial charge in [0.1, 0.15) is 0 Å². The van der Waals surface area contributed by atoms with Crippen molar-refractivity contribution in [3.05, 3.63) is 47.3 Å². The molecule has 2 aliphatic rings. The fourth-order valence-corrected chi connectivity index (χ4v) is 3.00. The first-order chi connectivity index (χ1) is 15.4. The average molecular weight is 460 g/mol. The minimum absolute atomic E-state index is 0.145. The fourth-order valence-electron chi connectivity index (χ4n) is 3.00. The van der Waals surface area contributed by atoms with Crippen molar-refractivity contribution in [2.24, 2.45) is 0 Å². The minimum atomic E-state index is -1.36. The summed E-state index contributed by atoms with van der Waals surface area (Å²) < 4.78 is 20.2. The normalized spacial score (nSPS) is 19.1. The maximum Gasteiger partial charge on any atom is 0.350 e. The SMILES string of the molecule is CC1(C)OC(=O)C(=CNc2ccc(CCO)c(NC=C3C(=O)OC(C)(C)OC3=O)c2)C(=O)O1. The Bertz CT molecular complexity index is 1030. The van der Waals surface area contributed by atoms with E-state index in [1.54, 1.807) is 18.2 Å². The topological polar surface area (TPSA) is 149 Å². The number of ether oxygens (including phenoxy) is 4. The van der Waals surface area contributed by atoms with Gasteiger partial charge in [0.05, 0.1) is 0 Å². The molecule has 0 aliphatic carbocycles. The number of esters is 4. The molecule has 0 unspecified atom stereocenters. The summed E-state index contributed by atoms with van der Waals surface area (Å²) in [5.74, 6) is -6.06. The molecule has 2 heterocycles. The van der Waals surface area contributed by atoms with Crippen molar-refractivity contribution in [2.45, 2.75) is 45.7 Å². The molecule has 0 spiro atoms. The van der Waals surface area contributed by atoms with Gasteiger partial charge in [0, 0.05) is 58.1 Å². The van der Waals surface area contributed by atoms with E-state index >= 15 is 0 Å². The van der Waals surface area contributed by atoms with Gasteiger partial charge in [-0.2, -0.15) is 0 Å². The molecule has 2 fully saturated rings. The predicted molar refractivity (Wildman–Crippen MR) is 113 cm³/mol. The lowest BCUT2D eigenvalue weighted by Gasteiger charge is -2.29. The van der Waals surface area contributed by atoms with Crippen LogP contribution in [0.25, 0.3) is 0 Å². The molecule has 2 saturated heterocycles. The third kappa shape index (κ3) is 5.69. The zero-order valence-electron chi connectivity index (χ0n) is 18.5. The molecule has 0 saturated carbocycles. The van der Waals surface area contributed by atoms with Gasteiger partial charge in [-0.05, 0) is 24.1 Å². The number of benzene rings is 1. The van der Waals surface area contributed by atoms with E-state index in [0.717, 1.165) is 12.4 Å². The maximum absolute atomic E-state index is 12.1. The van der Waals surface area contributed by atoms with E-state index in [1.165, 1.54) is 27.7 Å². The van der Waals surface area contributed by atoms with Crippen LogP contribution in [0.1, 0.15) is 33.3 Å². The van der Waals surface area contributed by atoms with E-state index in [-0.39, 0.29) is 24.2 Å². The number of carbonyl (C=O) groups is 4. The highest BCUT2D eigenvalue weighted by atomic mass is 16.7. The molecule has 11 heteroatoms. The first-order valence-corrected chi connectivity index (χ1v) is 10.0. The lowest BCUT2D eigenvalue weighted by molar-refractivity contribution is -0.224. The van der Waals surface area contributed by atoms with Crippen molar-refractivity contribution >= 4 is 35.3 Å². The van der Waals surface area contributed by atoms with Gasteiger partial charge in [-0.3, -0.25) is 0 Å². The van der Waals surface area contributed by atoms with Crippen LogP contribution in [0.5, 0.6) is 0 Å². The highest BCUT2D eigenvalue weighted by Crippen LogP contribution is 2.26. The van der Waals surface area contributed by atoms with Gasteiger partial charge < -0.3 is 34.7 Å². The number of carbonyl (C=O) groups excluding carboxylic acids is 4. The third-order valence-electron chi connectivity index (χ3n) is 4.48. The highest BCUT2D eigenvalue weighted by Gasteiger charge is 2.40. The van der Waals surface area contributed by atoms with Crippen LogP contribution in [0.3, 0.4) is 0 Å². The molecule has 3 N–H and O–H groups in total. The van der Waals surface area contributed by atoms with Gasteiger partial charge in [-0.1, -0.05) is 6.07 Å². The van der Waals surface area contributed by atoms with Crippen LogP contribution in [0.2, 0.25) is 0 Å². The Morgan fingerprint density at radius 1 is 0.788 bits per heavy atom. The molecular formula is C22H24N2O9. The lowest BCUT2D eigenvalue weighted by Crippen LogP contribution is -2.42. The van der Waals surface area contributed by atoms with E-state index < -0.39 is 35.5 Å². The maximum atomic E-state index is 12.1. The molecule has 176 valence electrons. The summed E-state index contributed by atoms with van der Waals surface area (Å²) in [5, 5.41) is 15.0. The highest BCUT2D eigenvalue weighted by molar-refractivity contribution is 6.16. The number of aliphatic hydroxyl groups is 1. The number of rotatable bonds is 6. The Labute approximate surface area is 189 Å². The molecule has 33 heavy (non-hydrogen) atoms. The molecular weight excluding hydrogens is 436 g/mol. The summed E-state index contributed by atoms with van der Waals surface area (Å²) in [7, 11) is 0. The number of nitrogens with one attached hydrogen (secondary N) is 2. The zero-order chi connectivity index (χ0) is 24.4. The Hall–Kier alpha value is -3.86. The van der Waals surface area contributed by atoms with Crippen LogP contribution in [0.4, 0.5) is 11.4 Å². The van der Waals surface area contributed by atoms with Crippen LogP contribution in [-0.2, 0) is 44.5 Å². The van der Waals surface area contributed by atoms with E-state index in [9.17, 15) is 24.3 Å². The van der Waals surface area contributed by atoms with Crippen molar-refractivity contribution < 1.29 is 43.2 Å². The van der Waals surface area contributed by atoms with E-state index in [4.69, 9.17) is 18.9 Å². The molecule has 1 aromatic rings. The Kier molecular flexibility index (Phi) is 6.45. The quantitative estimate of drug-likeness (QED) is 0.322. The van der Waals surface area contributed by atoms with Gasteiger partial charge >= 0.3 is 23.9 Å². The van der Waals surface area contributed by atoms with E-state index in [1.807, 2.05) is 0 Å². The summed E-state index contributed by atoms with van der Waals surface area (Å²) in [6, 6.07) is 4.92. The van der Waals surface area contributed by atoms with Crippen LogP contribution < -0.4 is 10.6 Å². The Balaban J connectivity index is 1.82. The van der Waals surface area contributed by atoms with E-state index in [0.29, 0.717) is 16.9 Å². The van der Waals surface area contributed by atoms with Gasteiger partial charge in [0.15, 0.2) is 11.1 Å². The number of aliphatic hydroxyl groups excluding tert-OH is 1. The summed E-state index contributed by atoms with van der Waals surface area (Å²) in [6.45, 7) is 5.62. The molecule has 0 aromatic heterocycles. The Morgan fingerprint density at radius 3 is 1.70 bits per heavy atom. The van der Waals surface area contributed by atoms with E-state index in [2.05, 4.69) is 10.6 Å². The fraction of sp³-hybridized carbons (Fsp3) is 0.364. The summed E-state index contributed by atoms with van der Waals surface area (Å²) in [4.78, 5) is 48.4. The smallest absolute Gasteiger partial charge is 0.350 e. The van der Waals surface area contributed by atoms with Gasteiger partial charge in [-0.15, -0.1) is 0 Å². The van der Waals surface area contributed by atoms with Crippen LogP contribution in [0.15, 0.2) is 41.7 Å². The van der Waals surface area contributed by atoms with Crippen molar-refractivity contribution in [2.75, 3.05) is 17.2 Å². The van der Waals surface area contributed by atoms with Crippen molar-refractivity contribution in [1.82, 2.24) is 0 Å². The molecule has 1 aromatic carbocycles. The van der Waals surface area contributed by atoms with Crippen molar-refractivity contribution in [3.8, 4) is 0 Å². The zero-order valence-corrected chi connectivity index (χ0v) is 18.5. The Morgan fingerprint density at radius 2 is 1.24 bits per heavy atom. The summed E-state index contributed by atoms with van der Waals surface area (Å²) in [5.41, 5.74) is 0.912. The van der Waals surface area contributed by atoms with Crippen LogP contribution in [-0.4, -0.2) is 47.2 Å².